The monoisotopic (exact) mass is 308 g/mol. The second-order valence-electron chi connectivity index (χ2n) is 5.98. The molecule has 2 aliphatic rings. The highest BCUT2D eigenvalue weighted by atomic mass is 32.2. The minimum Gasteiger partial charge on any atom is -0.312 e. The molecule has 21 heavy (non-hydrogen) atoms. The predicted octanol–water partition coefficient (Wildman–Crippen LogP) is 1.47. The Morgan fingerprint density at radius 3 is 2.57 bits per heavy atom. The van der Waals surface area contributed by atoms with Crippen LogP contribution in [0.2, 0.25) is 0 Å². The van der Waals surface area contributed by atoms with Gasteiger partial charge in [-0.1, -0.05) is 18.2 Å². The molecule has 0 radical (unpaired) electrons. The molecule has 0 unspecified atom stereocenters. The van der Waals surface area contributed by atoms with Crippen LogP contribution in [0.25, 0.3) is 0 Å². The summed E-state index contributed by atoms with van der Waals surface area (Å²) in [7, 11) is -3.16. The highest BCUT2D eigenvalue weighted by Gasteiger charge is 2.49. The van der Waals surface area contributed by atoms with Crippen molar-refractivity contribution in [2.75, 3.05) is 30.3 Å². The second-order valence-corrected chi connectivity index (χ2v) is 8.23. The van der Waals surface area contributed by atoms with Crippen molar-refractivity contribution in [3.8, 4) is 0 Å². The number of amides is 1. The van der Waals surface area contributed by atoms with Crippen molar-refractivity contribution in [3.63, 3.8) is 0 Å². The number of sulfonamides is 1. The fraction of sp³-hybridized carbons (Fsp3) is 0.533. The van der Waals surface area contributed by atoms with Gasteiger partial charge in [-0.2, -0.15) is 0 Å². The summed E-state index contributed by atoms with van der Waals surface area (Å²) in [6.07, 6.45) is 1.21. The third-order valence-corrected chi connectivity index (χ3v) is 6.38. The van der Waals surface area contributed by atoms with E-state index in [9.17, 15) is 13.2 Å². The van der Waals surface area contributed by atoms with Crippen molar-refractivity contribution in [2.24, 2.45) is 5.41 Å². The van der Waals surface area contributed by atoms with Crippen LogP contribution in [0.1, 0.15) is 19.8 Å². The fourth-order valence-electron chi connectivity index (χ4n) is 3.33. The maximum atomic E-state index is 12.3. The molecule has 3 rings (SSSR count). The molecule has 1 aromatic rings. The van der Waals surface area contributed by atoms with Gasteiger partial charge in [-0.25, -0.2) is 12.7 Å². The van der Waals surface area contributed by atoms with E-state index in [0.29, 0.717) is 26.1 Å². The predicted molar refractivity (Wildman–Crippen MR) is 81.5 cm³/mol. The van der Waals surface area contributed by atoms with Crippen LogP contribution in [-0.2, 0) is 14.8 Å². The molecule has 0 saturated carbocycles. The van der Waals surface area contributed by atoms with Crippen molar-refractivity contribution in [1.29, 1.82) is 0 Å². The highest BCUT2D eigenvalue weighted by Crippen LogP contribution is 2.42. The minimum atomic E-state index is -3.16. The lowest BCUT2D eigenvalue weighted by Crippen LogP contribution is -2.34. The number of hydrogen-bond acceptors (Lipinski definition) is 3. The first-order valence-corrected chi connectivity index (χ1v) is 8.90. The van der Waals surface area contributed by atoms with Crippen molar-refractivity contribution >= 4 is 21.6 Å². The van der Waals surface area contributed by atoms with E-state index in [1.54, 1.807) is 16.1 Å². The molecule has 5 nitrogen and oxygen atoms in total. The van der Waals surface area contributed by atoms with Gasteiger partial charge in [0.05, 0.1) is 5.75 Å². The van der Waals surface area contributed by atoms with Gasteiger partial charge in [0.2, 0.25) is 15.9 Å². The lowest BCUT2D eigenvalue weighted by atomic mass is 9.86. The Morgan fingerprint density at radius 1 is 1.19 bits per heavy atom. The zero-order chi connectivity index (χ0) is 15.1. The fourth-order valence-corrected chi connectivity index (χ4v) is 4.53. The number of carbonyl (C=O) groups is 1. The first-order valence-electron chi connectivity index (χ1n) is 7.29. The van der Waals surface area contributed by atoms with Crippen LogP contribution in [-0.4, -0.2) is 44.0 Å². The summed E-state index contributed by atoms with van der Waals surface area (Å²) in [6.45, 7) is 3.28. The molecule has 2 aliphatic heterocycles. The zero-order valence-electron chi connectivity index (χ0n) is 12.2. The van der Waals surface area contributed by atoms with E-state index in [1.807, 2.05) is 30.3 Å². The summed E-state index contributed by atoms with van der Waals surface area (Å²) in [5.74, 6) is 0.219. The summed E-state index contributed by atoms with van der Waals surface area (Å²) in [4.78, 5) is 14.1. The molecule has 0 N–H and O–H groups in total. The molecule has 0 aromatic heterocycles. The van der Waals surface area contributed by atoms with Crippen LogP contribution in [0.4, 0.5) is 5.69 Å². The topological polar surface area (TPSA) is 57.7 Å². The summed E-state index contributed by atoms with van der Waals surface area (Å²) in [6, 6.07) is 9.59. The molecule has 114 valence electrons. The van der Waals surface area contributed by atoms with Gasteiger partial charge in [-0.15, -0.1) is 0 Å². The Bertz CT molecular complexity index is 644. The molecule has 0 aliphatic carbocycles. The number of carbonyl (C=O) groups excluding carboxylic acids is 1. The molecular weight excluding hydrogens is 288 g/mol. The van der Waals surface area contributed by atoms with Gasteiger partial charge in [0, 0.05) is 37.2 Å². The van der Waals surface area contributed by atoms with E-state index in [4.69, 9.17) is 0 Å². The summed E-state index contributed by atoms with van der Waals surface area (Å²) < 4.78 is 25.6. The SMILES string of the molecule is CCS(=O)(=O)N1CC[C@@]2(CC(=O)N(c3ccccc3)C2)C1. The average molecular weight is 308 g/mol. The molecule has 2 saturated heterocycles. The largest absolute Gasteiger partial charge is 0.312 e. The van der Waals surface area contributed by atoms with Gasteiger partial charge >= 0.3 is 0 Å². The van der Waals surface area contributed by atoms with E-state index >= 15 is 0 Å². The Morgan fingerprint density at radius 2 is 1.90 bits per heavy atom. The number of hydrogen-bond donors (Lipinski definition) is 0. The summed E-state index contributed by atoms with van der Waals surface area (Å²) >= 11 is 0. The number of rotatable bonds is 3. The van der Waals surface area contributed by atoms with E-state index in [-0.39, 0.29) is 17.1 Å². The van der Waals surface area contributed by atoms with Crippen LogP contribution in [0.5, 0.6) is 0 Å². The summed E-state index contributed by atoms with van der Waals surface area (Å²) in [5, 5.41) is 0. The first-order chi connectivity index (χ1) is 9.96. The maximum Gasteiger partial charge on any atom is 0.227 e. The van der Waals surface area contributed by atoms with Gasteiger partial charge in [0.1, 0.15) is 0 Å². The van der Waals surface area contributed by atoms with Crippen molar-refractivity contribution in [2.45, 2.75) is 19.8 Å². The number of benzene rings is 1. The molecule has 1 amide bonds. The standard InChI is InChI=1S/C15H20N2O3S/c1-2-21(19,20)16-9-8-15(11-16)10-14(18)17(12-15)13-6-4-3-5-7-13/h3-7H,2,8-12H2,1H3/t15-/m1/s1. The van der Waals surface area contributed by atoms with Crippen LogP contribution < -0.4 is 4.90 Å². The molecule has 2 heterocycles. The van der Waals surface area contributed by atoms with Crippen LogP contribution in [0, 0.1) is 5.41 Å². The smallest absolute Gasteiger partial charge is 0.227 e. The molecule has 2 fully saturated rings. The van der Waals surface area contributed by atoms with Gasteiger partial charge in [0.15, 0.2) is 0 Å². The van der Waals surface area contributed by atoms with E-state index in [1.165, 1.54) is 0 Å². The Labute approximate surface area is 125 Å². The van der Waals surface area contributed by atoms with E-state index in [0.717, 1.165) is 12.1 Å². The van der Waals surface area contributed by atoms with Gasteiger partial charge in [0.25, 0.3) is 0 Å². The van der Waals surface area contributed by atoms with Gasteiger partial charge in [-0.05, 0) is 25.5 Å². The van der Waals surface area contributed by atoms with Crippen molar-refractivity contribution in [3.05, 3.63) is 30.3 Å². The van der Waals surface area contributed by atoms with Crippen molar-refractivity contribution < 1.29 is 13.2 Å². The number of anilines is 1. The third kappa shape index (κ3) is 2.58. The Kier molecular flexibility index (Phi) is 3.53. The average Bonchev–Trinajstić information content (AvgIpc) is 3.04. The van der Waals surface area contributed by atoms with Crippen LogP contribution >= 0.6 is 0 Å². The van der Waals surface area contributed by atoms with Crippen molar-refractivity contribution in [1.82, 2.24) is 4.31 Å². The lowest BCUT2D eigenvalue weighted by molar-refractivity contribution is -0.117. The first kappa shape index (κ1) is 14.5. The minimum absolute atomic E-state index is 0.0944. The zero-order valence-corrected chi connectivity index (χ0v) is 13.0. The number of para-hydroxylation sites is 1. The third-order valence-electron chi connectivity index (χ3n) is 4.55. The summed E-state index contributed by atoms with van der Waals surface area (Å²) in [5.41, 5.74) is 0.686. The van der Waals surface area contributed by atoms with Gasteiger partial charge < -0.3 is 4.90 Å². The highest BCUT2D eigenvalue weighted by molar-refractivity contribution is 7.89. The molecule has 1 aromatic carbocycles. The second kappa shape index (κ2) is 5.10. The van der Waals surface area contributed by atoms with Crippen LogP contribution in [0.3, 0.4) is 0 Å². The lowest BCUT2D eigenvalue weighted by Gasteiger charge is -2.24. The molecule has 1 atom stereocenters. The molecular formula is C15H20N2O3S. The normalized spacial score (nSPS) is 26.9. The molecule has 0 bridgehead atoms. The van der Waals surface area contributed by atoms with E-state index in [2.05, 4.69) is 0 Å². The molecule has 1 spiro atoms. The number of nitrogens with zero attached hydrogens (tertiary/aromatic N) is 2. The van der Waals surface area contributed by atoms with Crippen LogP contribution in [0.15, 0.2) is 30.3 Å². The Hall–Kier alpha value is -1.40. The maximum absolute atomic E-state index is 12.3. The quantitative estimate of drug-likeness (QED) is 0.849. The van der Waals surface area contributed by atoms with E-state index < -0.39 is 10.0 Å². The Balaban J connectivity index is 1.79. The molecule has 6 heteroatoms. The van der Waals surface area contributed by atoms with Gasteiger partial charge in [-0.3, -0.25) is 4.79 Å².